The van der Waals surface area contributed by atoms with Crippen molar-refractivity contribution >= 4 is 11.8 Å². The number of hydrogen-bond donors (Lipinski definition) is 2. The fourth-order valence-corrected chi connectivity index (χ4v) is 4.54. The predicted octanol–water partition coefficient (Wildman–Crippen LogP) is 3.34. The first-order valence-corrected chi connectivity index (χ1v) is 9.24. The lowest BCUT2D eigenvalue weighted by molar-refractivity contribution is -0.122. The Hall–Kier alpha value is -1.84. The van der Waals surface area contributed by atoms with Crippen LogP contribution in [-0.4, -0.2) is 24.4 Å². The highest BCUT2D eigenvalue weighted by Gasteiger charge is 2.43. The van der Waals surface area contributed by atoms with Crippen molar-refractivity contribution in [1.82, 2.24) is 10.6 Å². The molecule has 1 atom stereocenters. The van der Waals surface area contributed by atoms with E-state index in [0.717, 1.165) is 12.0 Å². The third-order valence-corrected chi connectivity index (χ3v) is 5.89. The van der Waals surface area contributed by atoms with Gasteiger partial charge in [-0.2, -0.15) is 0 Å². The van der Waals surface area contributed by atoms with Gasteiger partial charge in [0.1, 0.15) is 0 Å². The first kappa shape index (κ1) is 17.0. The molecule has 130 valence electrons. The normalized spacial score (nSPS) is 22.3. The fraction of sp³-hybridized carbons (Fsp3) is 0.600. The van der Waals surface area contributed by atoms with Crippen LogP contribution in [0, 0.1) is 12.3 Å². The summed E-state index contributed by atoms with van der Waals surface area (Å²) in [5.41, 5.74) is 1.89. The van der Waals surface area contributed by atoms with Crippen LogP contribution in [0.15, 0.2) is 24.3 Å². The molecule has 0 radical (unpaired) electrons. The zero-order chi connectivity index (χ0) is 17.0. The van der Waals surface area contributed by atoms with Crippen molar-refractivity contribution in [2.24, 2.45) is 5.41 Å². The number of rotatable bonds is 4. The lowest BCUT2D eigenvalue weighted by Gasteiger charge is -2.42. The summed E-state index contributed by atoms with van der Waals surface area (Å²) in [6, 6.07) is 7.73. The molecule has 2 aliphatic rings. The summed E-state index contributed by atoms with van der Waals surface area (Å²) in [6.45, 7) is 1.96. The van der Waals surface area contributed by atoms with Gasteiger partial charge < -0.3 is 10.6 Å². The Balaban J connectivity index is 1.54. The molecule has 2 amide bonds. The molecule has 2 N–H and O–H groups in total. The first-order chi connectivity index (χ1) is 11.6. The van der Waals surface area contributed by atoms with Crippen molar-refractivity contribution in [3.05, 3.63) is 35.4 Å². The average Bonchev–Trinajstić information content (AvgIpc) is 3.04. The molecule has 3 rings (SSSR count). The van der Waals surface area contributed by atoms with Gasteiger partial charge >= 0.3 is 0 Å². The standard InChI is InChI=1S/C20H28N2O2/c1-15-8-2-3-9-16(15)19(24)21-14-18(23)22-17-10-4-5-11-20(17)12-6-7-13-20/h2-3,8-9,17H,4-7,10-14H2,1H3,(H,21,24)(H,22,23). The van der Waals surface area contributed by atoms with E-state index in [0.29, 0.717) is 11.0 Å². The summed E-state index contributed by atoms with van der Waals surface area (Å²) in [5, 5.41) is 5.98. The van der Waals surface area contributed by atoms with E-state index in [4.69, 9.17) is 0 Å². The Morgan fingerprint density at radius 3 is 2.46 bits per heavy atom. The van der Waals surface area contributed by atoms with Crippen molar-refractivity contribution in [2.75, 3.05) is 6.54 Å². The number of benzene rings is 1. The van der Waals surface area contributed by atoms with E-state index in [2.05, 4.69) is 10.6 Å². The van der Waals surface area contributed by atoms with E-state index in [1.54, 1.807) is 6.07 Å². The lowest BCUT2D eigenvalue weighted by atomic mass is 9.69. The second-order valence-electron chi connectivity index (χ2n) is 7.43. The number of aryl methyl sites for hydroxylation is 1. The maximum atomic E-state index is 12.3. The third kappa shape index (κ3) is 3.63. The summed E-state index contributed by atoms with van der Waals surface area (Å²) in [7, 11) is 0. The quantitative estimate of drug-likeness (QED) is 0.890. The lowest BCUT2D eigenvalue weighted by Crippen LogP contribution is -2.51. The van der Waals surface area contributed by atoms with Crippen molar-refractivity contribution in [3.63, 3.8) is 0 Å². The van der Waals surface area contributed by atoms with Crippen molar-refractivity contribution in [1.29, 1.82) is 0 Å². The van der Waals surface area contributed by atoms with E-state index in [1.807, 2.05) is 25.1 Å². The molecule has 2 saturated carbocycles. The Bertz CT molecular complexity index is 605. The number of carbonyl (C=O) groups is 2. The molecule has 0 aliphatic heterocycles. The Morgan fingerprint density at radius 2 is 1.75 bits per heavy atom. The molecule has 0 heterocycles. The van der Waals surface area contributed by atoms with Crippen LogP contribution in [0.3, 0.4) is 0 Å². The molecule has 0 bridgehead atoms. The van der Waals surface area contributed by atoms with E-state index >= 15 is 0 Å². The largest absolute Gasteiger partial charge is 0.351 e. The summed E-state index contributed by atoms with van der Waals surface area (Å²) in [6.07, 6.45) is 9.87. The Kier molecular flexibility index (Phi) is 5.22. The third-order valence-electron chi connectivity index (χ3n) is 5.89. The molecular formula is C20H28N2O2. The maximum Gasteiger partial charge on any atom is 0.251 e. The summed E-state index contributed by atoms with van der Waals surface area (Å²) < 4.78 is 0. The predicted molar refractivity (Wildman–Crippen MR) is 94.8 cm³/mol. The van der Waals surface area contributed by atoms with Gasteiger partial charge in [-0.3, -0.25) is 9.59 Å². The Labute approximate surface area is 144 Å². The van der Waals surface area contributed by atoms with Crippen LogP contribution in [0.25, 0.3) is 0 Å². The summed E-state index contributed by atoms with van der Waals surface area (Å²) in [5.74, 6) is -0.238. The minimum absolute atomic E-state index is 0.0553. The van der Waals surface area contributed by atoms with Crippen LogP contribution < -0.4 is 10.6 Å². The van der Waals surface area contributed by atoms with Gasteiger partial charge in [0.05, 0.1) is 6.54 Å². The molecule has 1 unspecified atom stereocenters. The molecule has 1 aromatic rings. The van der Waals surface area contributed by atoms with Crippen LogP contribution in [0.4, 0.5) is 0 Å². The minimum Gasteiger partial charge on any atom is -0.351 e. The molecule has 0 saturated heterocycles. The van der Waals surface area contributed by atoms with Gasteiger partial charge in [0, 0.05) is 11.6 Å². The molecule has 2 aliphatic carbocycles. The smallest absolute Gasteiger partial charge is 0.251 e. The molecule has 4 heteroatoms. The highest BCUT2D eigenvalue weighted by Crippen LogP contribution is 2.48. The number of hydrogen-bond acceptors (Lipinski definition) is 2. The zero-order valence-corrected chi connectivity index (χ0v) is 14.6. The van der Waals surface area contributed by atoms with Crippen molar-refractivity contribution < 1.29 is 9.59 Å². The summed E-state index contributed by atoms with van der Waals surface area (Å²) in [4.78, 5) is 24.6. The molecule has 1 spiro atoms. The molecule has 24 heavy (non-hydrogen) atoms. The highest BCUT2D eigenvalue weighted by atomic mass is 16.2. The van der Waals surface area contributed by atoms with Crippen molar-refractivity contribution in [2.45, 2.75) is 64.3 Å². The van der Waals surface area contributed by atoms with E-state index in [9.17, 15) is 9.59 Å². The SMILES string of the molecule is Cc1ccccc1C(=O)NCC(=O)NC1CCCCC12CCCC2. The van der Waals surface area contributed by atoms with Crippen LogP contribution in [0.1, 0.15) is 67.3 Å². The van der Waals surface area contributed by atoms with Gasteiger partial charge in [0.25, 0.3) is 5.91 Å². The molecule has 4 nitrogen and oxygen atoms in total. The minimum atomic E-state index is -0.178. The average molecular weight is 328 g/mol. The molecule has 1 aromatic carbocycles. The van der Waals surface area contributed by atoms with Crippen LogP contribution in [0.2, 0.25) is 0 Å². The fourth-order valence-electron chi connectivity index (χ4n) is 4.54. The second kappa shape index (κ2) is 7.37. The van der Waals surface area contributed by atoms with Gasteiger partial charge in [-0.25, -0.2) is 0 Å². The van der Waals surface area contributed by atoms with Crippen molar-refractivity contribution in [3.8, 4) is 0 Å². The number of nitrogens with one attached hydrogen (secondary N) is 2. The van der Waals surface area contributed by atoms with E-state index < -0.39 is 0 Å². The molecular weight excluding hydrogens is 300 g/mol. The topological polar surface area (TPSA) is 58.2 Å². The second-order valence-corrected chi connectivity index (χ2v) is 7.43. The van der Waals surface area contributed by atoms with Gasteiger partial charge in [0.15, 0.2) is 0 Å². The van der Waals surface area contributed by atoms with Gasteiger partial charge in [-0.05, 0) is 49.7 Å². The van der Waals surface area contributed by atoms with Crippen LogP contribution in [-0.2, 0) is 4.79 Å². The monoisotopic (exact) mass is 328 g/mol. The maximum absolute atomic E-state index is 12.3. The van der Waals surface area contributed by atoms with Crippen LogP contribution in [0.5, 0.6) is 0 Å². The van der Waals surface area contributed by atoms with Gasteiger partial charge in [0.2, 0.25) is 5.91 Å². The van der Waals surface area contributed by atoms with Gasteiger partial charge in [-0.15, -0.1) is 0 Å². The first-order valence-electron chi connectivity index (χ1n) is 9.24. The molecule has 2 fully saturated rings. The van der Waals surface area contributed by atoms with E-state index in [1.165, 1.54) is 44.9 Å². The number of carbonyl (C=O) groups excluding carboxylic acids is 2. The molecule has 0 aromatic heterocycles. The van der Waals surface area contributed by atoms with Crippen LogP contribution >= 0.6 is 0 Å². The summed E-state index contributed by atoms with van der Waals surface area (Å²) >= 11 is 0. The van der Waals surface area contributed by atoms with E-state index in [-0.39, 0.29) is 24.4 Å². The zero-order valence-electron chi connectivity index (χ0n) is 14.6. The number of amides is 2. The van der Waals surface area contributed by atoms with Gasteiger partial charge in [-0.1, -0.05) is 43.9 Å². The highest BCUT2D eigenvalue weighted by molar-refractivity contribution is 5.97. The Morgan fingerprint density at radius 1 is 1.08 bits per heavy atom.